The molecule has 3 aliphatic rings. The second kappa shape index (κ2) is 16.6. The molecule has 0 amide bonds. The van der Waals surface area contributed by atoms with E-state index in [-0.39, 0.29) is 0 Å². The number of hydrogen-bond acceptors (Lipinski definition) is 0. The third-order valence-corrected chi connectivity index (χ3v) is 16.3. The number of rotatable bonds is 4. The van der Waals surface area contributed by atoms with Crippen LogP contribution in [0.4, 0.5) is 0 Å². The van der Waals surface area contributed by atoms with Gasteiger partial charge >= 0.3 is 0 Å². The molecule has 0 aromatic heterocycles. The highest BCUT2D eigenvalue weighted by molar-refractivity contribution is 5.81. The molecule has 3 fully saturated rings. The van der Waals surface area contributed by atoms with E-state index in [1.165, 1.54) is 144 Å². The van der Waals surface area contributed by atoms with Crippen LogP contribution in [0, 0.1) is 121 Å². The summed E-state index contributed by atoms with van der Waals surface area (Å²) in [5, 5.41) is 0. The van der Waals surface area contributed by atoms with Crippen molar-refractivity contribution in [3.63, 3.8) is 0 Å². The van der Waals surface area contributed by atoms with Crippen molar-refractivity contribution in [2.45, 2.75) is 200 Å². The highest BCUT2D eigenvalue weighted by atomic mass is 14.4. The summed E-state index contributed by atoms with van der Waals surface area (Å²) in [5.74, 6) is 5.55. The normalized spacial score (nSPS) is 25.2. The maximum absolute atomic E-state index is 2.45. The van der Waals surface area contributed by atoms with Gasteiger partial charge in [0.05, 0.1) is 0 Å². The van der Waals surface area contributed by atoms with Crippen molar-refractivity contribution in [3.8, 4) is 11.1 Å². The second-order valence-corrected chi connectivity index (χ2v) is 18.9. The molecule has 3 aromatic rings. The van der Waals surface area contributed by atoms with Gasteiger partial charge in [0, 0.05) is 0 Å². The van der Waals surface area contributed by atoms with Crippen LogP contribution in [0.3, 0.4) is 0 Å². The summed E-state index contributed by atoms with van der Waals surface area (Å²) in [7, 11) is 0. The highest BCUT2D eigenvalue weighted by Gasteiger charge is 2.32. The highest BCUT2D eigenvalue weighted by Crippen LogP contribution is 2.47. The quantitative estimate of drug-likeness (QED) is 0.254. The molecule has 0 heteroatoms. The van der Waals surface area contributed by atoms with E-state index >= 15 is 0 Å². The first kappa shape index (κ1) is 40.8. The summed E-state index contributed by atoms with van der Waals surface area (Å²) in [6, 6.07) is 0. The van der Waals surface area contributed by atoms with E-state index in [4.69, 9.17) is 0 Å². The van der Waals surface area contributed by atoms with Crippen molar-refractivity contribution in [3.05, 3.63) is 89.0 Å². The molecule has 0 radical (unpaired) electrons. The van der Waals surface area contributed by atoms with Gasteiger partial charge in [-0.15, -0.1) is 0 Å². The van der Waals surface area contributed by atoms with Crippen LogP contribution in [0.15, 0.2) is 0 Å². The standard InChI is InChI=1S/C28H40.C24H38/c1-15-11-13-25(14-12-15)26-21(7)23(9)28(24(10)22(26)8)27-19(5)17(3)16(2)18(4)20(27)6;1-15-7-9-21(10-8-15)22-11-13-23(14-12-22)24-19(5)17(3)16(2)18(4)20(24)6/h15,25H,11-14H2,1-10H3;15,21-23H,7-14H2,1-6H3. The molecule has 6 rings (SSSR count). The molecule has 0 heterocycles. The Morgan fingerprint density at radius 3 is 0.808 bits per heavy atom. The average Bonchev–Trinajstić information content (AvgIpc) is 3.14. The van der Waals surface area contributed by atoms with Crippen molar-refractivity contribution in [2.75, 3.05) is 0 Å². The summed E-state index contributed by atoms with van der Waals surface area (Å²) in [5.41, 5.74) is 27.5. The maximum Gasteiger partial charge on any atom is -0.0114 e. The fourth-order valence-corrected chi connectivity index (χ4v) is 11.5. The Hall–Kier alpha value is -2.34. The molecule has 286 valence electrons. The lowest BCUT2D eigenvalue weighted by Gasteiger charge is -2.38. The maximum atomic E-state index is 2.45. The third-order valence-electron chi connectivity index (χ3n) is 16.3. The molecule has 0 nitrogen and oxygen atoms in total. The van der Waals surface area contributed by atoms with E-state index in [9.17, 15) is 0 Å². The summed E-state index contributed by atoms with van der Waals surface area (Å²) in [4.78, 5) is 0. The first-order valence-corrected chi connectivity index (χ1v) is 21.7. The van der Waals surface area contributed by atoms with Crippen molar-refractivity contribution in [2.24, 2.45) is 23.7 Å². The molecular weight excluding hydrogens is 625 g/mol. The van der Waals surface area contributed by atoms with Crippen LogP contribution >= 0.6 is 0 Å². The zero-order valence-corrected chi connectivity index (χ0v) is 36.9. The molecule has 0 spiro atoms. The second-order valence-electron chi connectivity index (χ2n) is 18.9. The van der Waals surface area contributed by atoms with E-state index in [0.29, 0.717) is 0 Å². The Morgan fingerprint density at radius 2 is 0.462 bits per heavy atom. The first-order chi connectivity index (χ1) is 24.5. The van der Waals surface area contributed by atoms with Gasteiger partial charge in [0.2, 0.25) is 0 Å². The summed E-state index contributed by atoms with van der Waals surface area (Å²) in [6.07, 6.45) is 17.3. The molecule has 52 heavy (non-hydrogen) atoms. The lowest BCUT2D eigenvalue weighted by atomic mass is 9.67. The van der Waals surface area contributed by atoms with Crippen LogP contribution in [0.1, 0.15) is 192 Å². The molecule has 3 aromatic carbocycles. The van der Waals surface area contributed by atoms with E-state index in [0.717, 1.165) is 35.5 Å². The van der Waals surface area contributed by atoms with Gasteiger partial charge in [-0.25, -0.2) is 0 Å². The van der Waals surface area contributed by atoms with Gasteiger partial charge in [0.15, 0.2) is 0 Å². The fourth-order valence-electron chi connectivity index (χ4n) is 11.5. The van der Waals surface area contributed by atoms with Gasteiger partial charge in [-0.3, -0.25) is 0 Å². The van der Waals surface area contributed by atoms with Gasteiger partial charge in [-0.05, 0) is 284 Å². The van der Waals surface area contributed by atoms with Gasteiger partial charge < -0.3 is 0 Å². The van der Waals surface area contributed by atoms with Crippen LogP contribution in [0.2, 0.25) is 0 Å². The molecular formula is C52H78. The largest absolute Gasteiger partial charge is 0.0625 e. The van der Waals surface area contributed by atoms with E-state index < -0.39 is 0 Å². The Morgan fingerprint density at radius 1 is 0.250 bits per heavy atom. The molecule has 0 saturated heterocycles. The Labute approximate surface area is 322 Å². The molecule has 0 unspecified atom stereocenters. The molecule has 0 N–H and O–H groups in total. The first-order valence-electron chi connectivity index (χ1n) is 21.7. The van der Waals surface area contributed by atoms with E-state index in [2.05, 4.69) is 111 Å². The summed E-state index contributed by atoms with van der Waals surface area (Å²) in [6.45, 7) is 37.6. The predicted molar refractivity (Wildman–Crippen MR) is 231 cm³/mol. The number of benzene rings is 3. The lowest BCUT2D eigenvalue weighted by Crippen LogP contribution is -2.25. The smallest absolute Gasteiger partial charge is 0.0114 e. The van der Waals surface area contributed by atoms with Gasteiger partial charge in [0.25, 0.3) is 0 Å². The van der Waals surface area contributed by atoms with Crippen LogP contribution < -0.4 is 0 Å². The third kappa shape index (κ3) is 7.76. The minimum absolute atomic E-state index is 0.756. The van der Waals surface area contributed by atoms with Crippen LogP contribution in [-0.2, 0) is 0 Å². The lowest BCUT2D eigenvalue weighted by molar-refractivity contribution is 0.165. The molecule has 3 saturated carbocycles. The zero-order chi connectivity index (χ0) is 38.3. The molecule has 0 atom stereocenters. The van der Waals surface area contributed by atoms with Crippen LogP contribution in [0.25, 0.3) is 11.1 Å². The van der Waals surface area contributed by atoms with Crippen molar-refractivity contribution in [1.29, 1.82) is 0 Å². The molecule has 3 aliphatic carbocycles. The van der Waals surface area contributed by atoms with E-state index in [1.807, 2.05) is 0 Å². The molecule has 0 bridgehead atoms. The topological polar surface area (TPSA) is 0 Å². The van der Waals surface area contributed by atoms with Crippen molar-refractivity contribution >= 4 is 0 Å². The Bertz CT molecular complexity index is 1670. The summed E-state index contributed by atoms with van der Waals surface area (Å²) < 4.78 is 0. The number of hydrogen-bond donors (Lipinski definition) is 0. The zero-order valence-electron chi connectivity index (χ0n) is 36.9. The molecule has 0 aliphatic heterocycles. The van der Waals surface area contributed by atoms with E-state index in [1.54, 1.807) is 33.4 Å². The monoisotopic (exact) mass is 703 g/mol. The van der Waals surface area contributed by atoms with Crippen molar-refractivity contribution in [1.82, 2.24) is 0 Å². The fraction of sp³-hybridized carbons (Fsp3) is 0.654. The van der Waals surface area contributed by atoms with Crippen LogP contribution in [0.5, 0.6) is 0 Å². The van der Waals surface area contributed by atoms with Crippen LogP contribution in [-0.4, -0.2) is 0 Å². The SMILES string of the molecule is Cc1c(C)c(C)c(-c2c(C)c(C)c(C3CCC(C)CC3)c(C)c2C)c(C)c1C.Cc1c(C)c(C)c(C2CCC(C3CCC(C)CC3)CC2)c(C)c1C. The summed E-state index contributed by atoms with van der Waals surface area (Å²) >= 11 is 0. The average molecular weight is 703 g/mol. The Balaban J connectivity index is 0.000000203. The van der Waals surface area contributed by atoms with Gasteiger partial charge in [-0.2, -0.15) is 0 Å². The Kier molecular flexibility index (Phi) is 13.0. The minimum atomic E-state index is 0.756. The predicted octanol–water partition coefficient (Wildman–Crippen LogP) is 15.8. The van der Waals surface area contributed by atoms with Gasteiger partial charge in [0.1, 0.15) is 0 Å². The minimum Gasteiger partial charge on any atom is -0.0625 e. The van der Waals surface area contributed by atoms with Gasteiger partial charge in [-0.1, -0.05) is 39.5 Å². The van der Waals surface area contributed by atoms with Crippen molar-refractivity contribution < 1.29 is 0 Å².